The fourth-order valence-electron chi connectivity index (χ4n) is 4.05. The first kappa shape index (κ1) is 19.5. The quantitative estimate of drug-likeness (QED) is 0.790. The average Bonchev–Trinajstić information content (AvgIpc) is 3.24. The zero-order valence-electron chi connectivity index (χ0n) is 14.2. The third-order valence-electron chi connectivity index (χ3n) is 5.46. The number of nitrogens with two attached hydrogens (primary N) is 1. The molecule has 2 amide bonds. The van der Waals surface area contributed by atoms with Crippen LogP contribution in [0, 0.1) is 5.92 Å². The molecule has 0 aromatic rings. The molecule has 3 fully saturated rings. The van der Waals surface area contributed by atoms with E-state index in [1.54, 1.807) is 0 Å². The number of ether oxygens (including phenoxy) is 1. The smallest absolute Gasteiger partial charge is 0.249 e. The Labute approximate surface area is 150 Å². The molecule has 2 heterocycles. The van der Waals surface area contributed by atoms with Crippen LogP contribution in [0.3, 0.4) is 0 Å². The van der Waals surface area contributed by atoms with Crippen LogP contribution in [-0.4, -0.2) is 54.6 Å². The molecule has 0 radical (unpaired) electrons. The fraction of sp³-hybridized carbons (Fsp3) is 0.882. The summed E-state index contributed by atoms with van der Waals surface area (Å²) in [6.07, 6.45) is 7.75. The van der Waals surface area contributed by atoms with Gasteiger partial charge >= 0.3 is 0 Å². The molecule has 2 saturated heterocycles. The second kappa shape index (κ2) is 9.02. The van der Waals surface area contributed by atoms with Crippen LogP contribution >= 0.6 is 12.4 Å². The summed E-state index contributed by atoms with van der Waals surface area (Å²) in [6.45, 7) is 1.88. The molecule has 3 atom stereocenters. The molecular weight excluding hydrogens is 330 g/mol. The summed E-state index contributed by atoms with van der Waals surface area (Å²) in [5.74, 6) is 0.460. The van der Waals surface area contributed by atoms with E-state index in [9.17, 15) is 9.59 Å². The number of nitrogens with one attached hydrogen (secondary N) is 1. The highest BCUT2D eigenvalue weighted by atomic mass is 35.5. The molecule has 1 unspecified atom stereocenters. The zero-order valence-corrected chi connectivity index (χ0v) is 15.1. The SMILES string of the molecule is Cl.NC[C@H]1CC[C@@H](C(=O)NC2CCN(C(=O)C3CCCCC3)C2)O1. The Bertz CT molecular complexity index is 443. The minimum absolute atomic E-state index is 0. The van der Waals surface area contributed by atoms with Gasteiger partial charge in [-0.1, -0.05) is 19.3 Å². The van der Waals surface area contributed by atoms with E-state index in [0.29, 0.717) is 19.0 Å². The van der Waals surface area contributed by atoms with Gasteiger partial charge in [0.2, 0.25) is 11.8 Å². The van der Waals surface area contributed by atoms with Crippen molar-refractivity contribution < 1.29 is 14.3 Å². The molecule has 7 heteroatoms. The Hall–Kier alpha value is -0.850. The van der Waals surface area contributed by atoms with E-state index in [1.807, 2.05) is 4.90 Å². The molecule has 138 valence electrons. The molecule has 0 aromatic heterocycles. The number of nitrogens with zero attached hydrogens (tertiary/aromatic N) is 1. The predicted octanol–water partition coefficient (Wildman–Crippen LogP) is 1.21. The molecule has 3 aliphatic rings. The fourth-order valence-corrected chi connectivity index (χ4v) is 4.05. The number of halogens is 1. The second-order valence-electron chi connectivity index (χ2n) is 7.17. The van der Waals surface area contributed by atoms with E-state index in [-0.39, 0.29) is 42.5 Å². The van der Waals surface area contributed by atoms with E-state index in [4.69, 9.17) is 10.5 Å². The van der Waals surface area contributed by atoms with Crippen molar-refractivity contribution in [1.82, 2.24) is 10.2 Å². The number of rotatable bonds is 4. The minimum Gasteiger partial charge on any atom is -0.364 e. The van der Waals surface area contributed by atoms with Gasteiger partial charge in [-0.15, -0.1) is 12.4 Å². The highest BCUT2D eigenvalue weighted by Gasteiger charge is 2.35. The van der Waals surface area contributed by atoms with E-state index in [1.165, 1.54) is 19.3 Å². The summed E-state index contributed by atoms with van der Waals surface area (Å²) in [7, 11) is 0. The first-order valence-electron chi connectivity index (χ1n) is 9.12. The van der Waals surface area contributed by atoms with Gasteiger partial charge in [0.15, 0.2) is 0 Å². The maximum Gasteiger partial charge on any atom is 0.249 e. The van der Waals surface area contributed by atoms with Gasteiger partial charge in [-0.05, 0) is 32.1 Å². The lowest BCUT2D eigenvalue weighted by atomic mass is 9.88. The lowest BCUT2D eigenvalue weighted by molar-refractivity contribution is -0.136. The van der Waals surface area contributed by atoms with Crippen LogP contribution in [0.25, 0.3) is 0 Å². The highest BCUT2D eigenvalue weighted by Crippen LogP contribution is 2.27. The van der Waals surface area contributed by atoms with Crippen molar-refractivity contribution in [3.8, 4) is 0 Å². The molecule has 0 spiro atoms. The maximum absolute atomic E-state index is 12.5. The Morgan fingerprint density at radius 2 is 1.83 bits per heavy atom. The normalized spacial score (nSPS) is 30.9. The summed E-state index contributed by atoms with van der Waals surface area (Å²) in [4.78, 5) is 26.7. The van der Waals surface area contributed by atoms with Crippen LogP contribution in [0.15, 0.2) is 0 Å². The molecule has 3 rings (SSSR count). The maximum atomic E-state index is 12.5. The van der Waals surface area contributed by atoms with Crippen molar-refractivity contribution in [1.29, 1.82) is 0 Å². The highest BCUT2D eigenvalue weighted by molar-refractivity contribution is 5.85. The number of hydrogen-bond donors (Lipinski definition) is 2. The number of likely N-dealkylation sites (tertiary alicyclic amines) is 1. The van der Waals surface area contributed by atoms with E-state index in [0.717, 1.165) is 38.6 Å². The molecule has 1 saturated carbocycles. The summed E-state index contributed by atoms with van der Waals surface area (Å²) in [6, 6.07) is 0.0653. The number of carbonyl (C=O) groups excluding carboxylic acids is 2. The topological polar surface area (TPSA) is 84.7 Å². The Kier molecular flexibility index (Phi) is 7.32. The van der Waals surface area contributed by atoms with Crippen LogP contribution in [0.4, 0.5) is 0 Å². The standard InChI is InChI=1S/C17H29N3O3.ClH/c18-10-14-6-7-15(23-14)16(21)19-13-8-9-20(11-13)17(22)12-4-2-1-3-5-12;/h12-15H,1-11,18H2,(H,19,21);1H/t13?,14-,15+;/m1./s1. The van der Waals surface area contributed by atoms with Gasteiger partial charge in [-0.25, -0.2) is 0 Å². The summed E-state index contributed by atoms with van der Waals surface area (Å²) in [5.41, 5.74) is 5.58. The van der Waals surface area contributed by atoms with Crippen molar-refractivity contribution in [3.05, 3.63) is 0 Å². The summed E-state index contributed by atoms with van der Waals surface area (Å²) in [5, 5.41) is 3.05. The molecule has 0 bridgehead atoms. The Morgan fingerprint density at radius 3 is 2.50 bits per heavy atom. The lowest BCUT2D eigenvalue weighted by Crippen LogP contribution is -2.44. The third kappa shape index (κ3) is 4.61. The van der Waals surface area contributed by atoms with Crippen LogP contribution in [0.5, 0.6) is 0 Å². The van der Waals surface area contributed by atoms with Crippen LogP contribution in [-0.2, 0) is 14.3 Å². The largest absolute Gasteiger partial charge is 0.364 e. The van der Waals surface area contributed by atoms with Gasteiger partial charge in [-0.2, -0.15) is 0 Å². The van der Waals surface area contributed by atoms with Gasteiger partial charge in [0.25, 0.3) is 0 Å². The van der Waals surface area contributed by atoms with Crippen LogP contribution in [0.2, 0.25) is 0 Å². The Morgan fingerprint density at radius 1 is 1.08 bits per heavy atom. The summed E-state index contributed by atoms with van der Waals surface area (Å²) >= 11 is 0. The number of carbonyl (C=O) groups is 2. The van der Waals surface area contributed by atoms with Gasteiger partial charge in [0.05, 0.1) is 6.10 Å². The molecule has 24 heavy (non-hydrogen) atoms. The van der Waals surface area contributed by atoms with Gasteiger partial charge in [-0.3, -0.25) is 9.59 Å². The van der Waals surface area contributed by atoms with Crippen molar-refractivity contribution in [2.45, 2.75) is 69.6 Å². The van der Waals surface area contributed by atoms with Crippen molar-refractivity contribution >= 4 is 24.2 Å². The van der Waals surface area contributed by atoms with Crippen molar-refractivity contribution in [2.75, 3.05) is 19.6 Å². The van der Waals surface area contributed by atoms with Crippen LogP contribution in [0.1, 0.15) is 51.4 Å². The molecule has 1 aliphatic carbocycles. The minimum atomic E-state index is -0.369. The van der Waals surface area contributed by atoms with Crippen molar-refractivity contribution in [3.63, 3.8) is 0 Å². The number of amides is 2. The third-order valence-corrected chi connectivity index (χ3v) is 5.46. The Balaban J connectivity index is 0.00000208. The molecule has 0 aromatic carbocycles. The predicted molar refractivity (Wildman–Crippen MR) is 93.9 cm³/mol. The lowest BCUT2D eigenvalue weighted by Gasteiger charge is -2.26. The van der Waals surface area contributed by atoms with Crippen LogP contribution < -0.4 is 11.1 Å². The van der Waals surface area contributed by atoms with Gasteiger partial charge in [0.1, 0.15) is 6.10 Å². The van der Waals surface area contributed by atoms with Crippen molar-refractivity contribution in [2.24, 2.45) is 11.7 Å². The van der Waals surface area contributed by atoms with Gasteiger partial charge in [0, 0.05) is 31.6 Å². The average molecular weight is 360 g/mol. The first-order valence-corrected chi connectivity index (χ1v) is 9.12. The van der Waals surface area contributed by atoms with Gasteiger partial charge < -0.3 is 20.7 Å². The number of hydrogen-bond acceptors (Lipinski definition) is 4. The van der Waals surface area contributed by atoms with E-state index < -0.39 is 0 Å². The first-order chi connectivity index (χ1) is 11.2. The molecule has 3 N–H and O–H groups in total. The second-order valence-corrected chi connectivity index (χ2v) is 7.17. The molecule has 2 aliphatic heterocycles. The molecular formula is C17H30ClN3O3. The summed E-state index contributed by atoms with van der Waals surface area (Å²) < 4.78 is 5.63. The zero-order chi connectivity index (χ0) is 16.2. The molecule has 6 nitrogen and oxygen atoms in total. The monoisotopic (exact) mass is 359 g/mol. The van der Waals surface area contributed by atoms with E-state index in [2.05, 4.69) is 5.32 Å². The van der Waals surface area contributed by atoms with E-state index >= 15 is 0 Å².